The number of allylic oxidation sites excluding steroid dienone is 1. The number of rotatable bonds is 6. The van der Waals surface area contributed by atoms with Crippen LogP contribution in [-0.2, 0) is 6.54 Å². The third-order valence-electron chi connectivity index (χ3n) is 3.49. The minimum Gasteiger partial charge on any atom is -0.298 e. The van der Waals surface area contributed by atoms with Gasteiger partial charge in [0.1, 0.15) is 5.82 Å². The Morgan fingerprint density at radius 2 is 2.30 bits per heavy atom. The molecule has 0 amide bonds. The first-order chi connectivity index (χ1) is 11.3. The molecule has 1 aliphatic carbocycles. The molecule has 0 bridgehead atoms. The molecule has 3 heterocycles. The van der Waals surface area contributed by atoms with Gasteiger partial charge >= 0.3 is 0 Å². The molecule has 0 saturated heterocycles. The molecule has 0 aliphatic heterocycles. The van der Waals surface area contributed by atoms with Gasteiger partial charge in [0.15, 0.2) is 15.3 Å². The highest BCUT2D eigenvalue weighted by molar-refractivity contribution is 8.00. The molecule has 0 radical (unpaired) electrons. The van der Waals surface area contributed by atoms with Crippen LogP contribution in [0.4, 0.5) is 0 Å². The maximum Gasteiger partial charge on any atom is 0.198 e. The first kappa shape index (κ1) is 14.5. The summed E-state index contributed by atoms with van der Waals surface area (Å²) in [4.78, 5) is 8.75. The lowest BCUT2D eigenvalue weighted by Gasteiger charge is -2.06. The lowest BCUT2D eigenvalue weighted by atomic mass is 10.3. The van der Waals surface area contributed by atoms with Crippen molar-refractivity contribution in [1.29, 1.82) is 0 Å². The van der Waals surface area contributed by atoms with Crippen molar-refractivity contribution in [3.05, 3.63) is 43.0 Å². The van der Waals surface area contributed by atoms with Crippen LogP contribution in [0, 0.1) is 0 Å². The summed E-state index contributed by atoms with van der Waals surface area (Å²) in [6.45, 7) is 4.46. The Labute approximate surface area is 141 Å². The molecule has 23 heavy (non-hydrogen) atoms. The van der Waals surface area contributed by atoms with Gasteiger partial charge in [0.05, 0.1) is 0 Å². The molecule has 8 heteroatoms. The maximum atomic E-state index is 4.60. The van der Waals surface area contributed by atoms with E-state index in [0.717, 1.165) is 26.7 Å². The normalized spacial score (nSPS) is 14.1. The zero-order valence-corrected chi connectivity index (χ0v) is 13.9. The van der Waals surface area contributed by atoms with E-state index >= 15 is 0 Å². The van der Waals surface area contributed by atoms with E-state index in [2.05, 4.69) is 31.1 Å². The summed E-state index contributed by atoms with van der Waals surface area (Å²) in [5.41, 5.74) is 0.935. The van der Waals surface area contributed by atoms with Gasteiger partial charge in [-0.15, -0.1) is 16.8 Å². The van der Waals surface area contributed by atoms with Gasteiger partial charge in [0.25, 0.3) is 0 Å². The molecule has 6 nitrogen and oxygen atoms in total. The van der Waals surface area contributed by atoms with E-state index in [1.807, 2.05) is 22.8 Å². The molecule has 3 aromatic rings. The van der Waals surface area contributed by atoms with Crippen molar-refractivity contribution in [3.63, 3.8) is 0 Å². The van der Waals surface area contributed by atoms with Crippen LogP contribution in [0.15, 0.2) is 46.7 Å². The molecule has 1 saturated carbocycles. The van der Waals surface area contributed by atoms with Crippen molar-refractivity contribution in [2.75, 3.05) is 0 Å². The van der Waals surface area contributed by atoms with E-state index in [1.54, 1.807) is 12.4 Å². The van der Waals surface area contributed by atoms with Crippen LogP contribution < -0.4 is 0 Å². The fourth-order valence-electron chi connectivity index (χ4n) is 2.21. The third kappa shape index (κ3) is 3.04. The topological polar surface area (TPSA) is 69.4 Å². The molecule has 0 unspecified atom stereocenters. The lowest BCUT2D eigenvalue weighted by Crippen LogP contribution is -2.00. The van der Waals surface area contributed by atoms with Gasteiger partial charge in [0, 0.05) is 30.4 Å². The Kier molecular flexibility index (Phi) is 3.92. The summed E-state index contributed by atoms with van der Waals surface area (Å²) in [5.74, 6) is 2.32. The predicted octanol–water partition coefficient (Wildman–Crippen LogP) is 3.41. The van der Waals surface area contributed by atoms with E-state index in [-0.39, 0.29) is 0 Å². The number of hydrogen-bond donors (Lipinski definition) is 0. The second-order valence-corrected chi connectivity index (χ2v) is 7.21. The number of aromatic nitrogens is 6. The fourth-order valence-corrected chi connectivity index (χ4v) is 3.84. The molecule has 116 valence electrons. The zero-order valence-electron chi connectivity index (χ0n) is 12.3. The summed E-state index contributed by atoms with van der Waals surface area (Å²) in [5, 5.41) is 9.43. The van der Waals surface area contributed by atoms with Crippen LogP contribution in [0.3, 0.4) is 0 Å². The van der Waals surface area contributed by atoms with E-state index in [4.69, 9.17) is 0 Å². The average Bonchev–Trinajstić information content (AvgIpc) is 3.21. The maximum absolute atomic E-state index is 4.60. The molecule has 0 atom stereocenters. The standard InChI is InChI=1S/C15H14N6S2/c1-2-8-21-13(11-4-3-7-16-9-11)18-19-14(21)22-15-17-12(20-23-15)10-5-6-10/h2-4,7,9-10H,1,5-6,8H2. The average molecular weight is 342 g/mol. The van der Waals surface area contributed by atoms with Gasteiger partial charge in [-0.25, -0.2) is 4.98 Å². The summed E-state index contributed by atoms with van der Waals surface area (Å²) in [6.07, 6.45) is 7.78. The van der Waals surface area contributed by atoms with E-state index < -0.39 is 0 Å². The molecule has 0 spiro atoms. The van der Waals surface area contributed by atoms with E-state index in [9.17, 15) is 0 Å². The van der Waals surface area contributed by atoms with Crippen LogP contribution >= 0.6 is 23.3 Å². The molecule has 0 aromatic carbocycles. The Hall–Kier alpha value is -2.06. The van der Waals surface area contributed by atoms with Crippen molar-refractivity contribution in [2.45, 2.75) is 34.8 Å². The quantitative estimate of drug-likeness (QED) is 0.640. The molecule has 1 aliphatic rings. The smallest absolute Gasteiger partial charge is 0.198 e. The Morgan fingerprint density at radius 1 is 1.39 bits per heavy atom. The second-order valence-electron chi connectivity index (χ2n) is 5.24. The SMILES string of the molecule is C=CCn1c(Sc2nc(C3CC3)ns2)nnc1-c1cccnc1. The minimum absolute atomic E-state index is 0.567. The minimum atomic E-state index is 0.567. The number of hydrogen-bond acceptors (Lipinski definition) is 7. The summed E-state index contributed by atoms with van der Waals surface area (Å²) >= 11 is 2.93. The van der Waals surface area contributed by atoms with Gasteiger partial charge in [0.2, 0.25) is 0 Å². The van der Waals surface area contributed by atoms with Gasteiger partial charge in [-0.1, -0.05) is 6.08 Å². The Balaban J connectivity index is 1.64. The summed E-state index contributed by atoms with van der Waals surface area (Å²) in [7, 11) is 0. The molecule has 3 aromatic heterocycles. The Morgan fingerprint density at radius 3 is 3.04 bits per heavy atom. The van der Waals surface area contributed by atoms with Crippen LogP contribution in [0.25, 0.3) is 11.4 Å². The van der Waals surface area contributed by atoms with Crippen LogP contribution in [0.1, 0.15) is 24.6 Å². The van der Waals surface area contributed by atoms with Crippen molar-refractivity contribution in [1.82, 2.24) is 29.1 Å². The van der Waals surface area contributed by atoms with Crippen LogP contribution in [-0.4, -0.2) is 29.1 Å². The number of nitrogens with zero attached hydrogens (tertiary/aromatic N) is 6. The van der Waals surface area contributed by atoms with Crippen LogP contribution in [0.2, 0.25) is 0 Å². The molecule has 1 fully saturated rings. The van der Waals surface area contributed by atoms with Crippen molar-refractivity contribution >= 4 is 23.3 Å². The van der Waals surface area contributed by atoms with Crippen molar-refractivity contribution in [2.24, 2.45) is 0 Å². The summed E-state index contributed by atoms with van der Waals surface area (Å²) in [6, 6.07) is 3.86. The molecule has 0 N–H and O–H groups in total. The van der Waals surface area contributed by atoms with Crippen molar-refractivity contribution in [3.8, 4) is 11.4 Å². The molecular weight excluding hydrogens is 328 g/mol. The fraction of sp³-hybridized carbons (Fsp3) is 0.267. The van der Waals surface area contributed by atoms with Gasteiger partial charge in [-0.3, -0.25) is 9.55 Å². The van der Waals surface area contributed by atoms with Crippen molar-refractivity contribution < 1.29 is 0 Å². The van der Waals surface area contributed by atoms with Gasteiger partial charge < -0.3 is 0 Å². The third-order valence-corrected chi connectivity index (χ3v) is 5.24. The first-order valence-electron chi connectivity index (χ1n) is 7.31. The second kappa shape index (κ2) is 6.21. The largest absolute Gasteiger partial charge is 0.298 e. The monoisotopic (exact) mass is 342 g/mol. The Bertz CT molecular complexity index is 822. The molecule has 4 rings (SSSR count). The first-order valence-corrected chi connectivity index (χ1v) is 8.90. The number of pyridine rings is 1. The van der Waals surface area contributed by atoms with Gasteiger partial charge in [-0.05, 0) is 48.3 Å². The highest BCUT2D eigenvalue weighted by Crippen LogP contribution is 2.40. The highest BCUT2D eigenvalue weighted by Gasteiger charge is 2.28. The van der Waals surface area contributed by atoms with Crippen LogP contribution in [0.5, 0.6) is 0 Å². The van der Waals surface area contributed by atoms with Gasteiger partial charge in [-0.2, -0.15) is 4.37 Å². The zero-order chi connectivity index (χ0) is 15.6. The summed E-state index contributed by atoms with van der Waals surface area (Å²) < 4.78 is 7.36. The molecular formula is C15H14N6S2. The highest BCUT2D eigenvalue weighted by atomic mass is 32.2. The van der Waals surface area contributed by atoms with E-state index in [0.29, 0.717) is 12.5 Å². The van der Waals surface area contributed by atoms with E-state index in [1.165, 1.54) is 36.1 Å². The lowest BCUT2D eigenvalue weighted by molar-refractivity contribution is 0.730. The predicted molar refractivity (Wildman–Crippen MR) is 89.5 cm³/mol.